The van der Waals surface area contributed by atoms with Gasteiger partial charge in [-0.2, -0.15) is 0 Å². The van der Waals surface area contributed by atoms with Crippen LogP contribution in [0.4, 0.5) is 43.4 Å². The minimum atomic E-state index is -1.06. The lowest BCUT2D eigenvalue weighted by Crippen LogP contribution is -2.15. The van der Waals surface area contributed by atoms with Gasteiger partial charge in [-0.05, 0) is 108 Å². The second-order valence-electron chi connectivity index (χ2n) is 15.2. The van der Waals surface area contributed by atoms with Crippen LogP contribution >= 0.6 is 0 Å². The number of rotatable bonds is 6. The van der Waals surface area contributed by atoms with Crippen molar-refractivity contribution in [3.63, 3.8) is 0 Å². The fourth-order valence-corrected chi connectivity index (χ4v) is 7.39. The van der Waals surface area contributed by atoms with E-state index < -0.39 is 24.2 Å². The lowest BCUT2D eigenvalue weighted by atomic mass is 9.99. The summed E-state index contributed by atoms with van der Waals surface area (Å²) in [5.41, 5.74) is 20.8. The van der Waals surface area contributed by atoms with Crippen molar-refractivity contribution in [3.8, 4) is 22.5 Å². The van der Waals surface area contributed by atoms with Crippen LogP contribution in [-0.2, 0) is 32.0 Å². The monoisotopic (exact) mass is 782 g/mol. The molecule has 0 radical (unpaired) electrons. The Labute approximate surface area is 329 Å². The van der Waals surface area contributed by atoms with E-state index in [0.29, 0.717) is 58.3 Å². The number of nitrogen functional groups attached to an aromatic ring is 2. The van der Waals surface area contributed by atoms with Crippen LogP contribution in [-0.4, -0.2) is 55.9 Å². The van der Waals surface area contributed by atoms with Gasteiger partial charge in [0.2, 0.25) is 23.6 Å². The highest BCUT2D eigenvalue weighted by Gasteiger charge is 2.44. The van der Waals surface area contributed by atoms with Gasteiger partial charge in [-0.15, -0.1) is 0 Å². The first-order chi connectivity index (χ1) is 27.8. The van der Waals surface area contributed by atoms with E-state index in [1.54, 1.807) is 24.5 Å². The number of pyridine rings is 4. The second kappa shape index (κ2) is 13.8. The van der Waals surface area contributed by atoms with E-state index in [0.717, 1.165) is 55.5 Å². The van der Waals surface area contributed by atoms with E-state index in [1.165, 1.54) is 0 Å². The summed E-state index contributed by atoms with van der Waals surface area (Å²) in [6.45, 7) is 3.90. The van der Waals surface area contributed by atoms with Crippen LogP contribution in [0.15, 0.2) is 60.9 Å². The highest BCUT2D eigenvalue weighted by atomic mass is 19.1. The van der Waals surface area contributed by atoms with Gasteiger partial charge in [0.1, 0.15) is 35.6 Å². The topological polar surface area (TPSA) is 220 Å². The summed E-state index contributed by atoms with van der Waals surface area (Å²) in [6.07, 6.45) is 2.16. The predicted octanol–water partition coefficient (Wildman–Crippen LogP) is 5.96. The molecular formula is C42H36F2N10O4. The van der Waals surface area contributed by atoms with Crippen molar-refractivity contribution >= 4 is 79.8 Å². The molecule has 14 nitrogen and oxygen atoms in total. The molecule has 0 spiro atoms. The van der Waals surface area contributed by atoms with Crippen molar-refractivity contribution in [2.75, 3.05) is 32.7 Å². The Bertz CT molecular complexity index is 2610. The Morgan fingerprint density at radius 2 is 1.05 bits per heavy atom. The van der Waals surface area contributed by atoms with Gasteiger partial charge in [0.05, 0.1) is 36.1 Å². The van der Waals surface area contributed by atoms with Crippen LogP contribution in [0.1, 0.15) is 35.1 Å². The van der Waals surface area contributed by atoms with Crippen molar-refractivity contribution in [3.05, 3.63) is 83.2 Å². The number of aromatic nitrogens is 4. The van der Waals surface area contributed by atoms with Crippen LogP contribution in [0.5, 0.6) is 0 Å². The van der Waals surface area contributed by atoms with E-state index in [-0.39, 0.29) is 36.5 Å². The molecule has 10 rings (SSSR count). The number of nitrogens with zero attached hydrogens (tertiary/aromatic N) is 4. The number of nitrogens with one attached hydrogen (secondary N) is 4. The number of carbonyl (C=O) groups excluding carboxylic acids is 4. The Morgan fingerprint density at radius 1 is 0.655 bits per heavy atom. The molecule has 4 aromatic heterocycles. The summed E-state index contributed by atoms with van der Waals surface area (Å²) in [4.78, 5) is 64.8. The van der Waals surface area contributed by atoms with Gasteiger partial charge in [0.25, 0.3) is 0 Å². The first-order valence-electron chi connectivity index (χ1n) is 18.7. The Hall–Kier alpha value is -7.10. The summed E-state index contributed by atoms with van der Waals surface area (Å²) < 4.78 is 26.2. The smallest absolute Gasteiger partial charge is 0.231 e. The highest BCUT2D eigenvalue weighted by Crippen LogP contribution is 2.38. The molecule has 0 bridgehead atoms. The van der Waals surface area contributed by atoms with Crippen LogP contribution in [0.25, 0.3) is 44.1 Å². The summed E-state index contributed by atoms with van der Waals surface area (Å²) in [7, 11) is 0. The molecule has 6 heterocycles. The average Bonchev–Trinajstić information content (AvgIpc) is 4.02. The normalized spacial score (nSPS) is 19.7. The Balaban J connectivity index is 0.000000150. The Kier molecular flexibility index (Phi) is 8.71. The first-order valence-corrected chi connectivity index (χ1v) is 18.7. The third kappa shape index (κ3) is 6.97. The van der Waals surface area contributed by atoms with Crippen molar-refractivity contribution in [2.24, 2.45) is 11.8 Å². The number of amides is 4. The number of benzene rings is 2. The van der Waals surface area contributed by atoms with Gasteiger partial charge in [-0.3, -0.25) is 19.2 Å². The van der Waals surface area contributed by atoms with Gasteiger partial charge in [-0.25, -0.2) is 28.7 Å². The van der Waals surface area contributed by atoms with Crippen molar-refractivity contribution < 1.29 is 28.0 Å². The van der Waals surface area contributed by atoms with Crippen LogP contribution < -0.4 is 32.7 Å². The number of aryl methyl sites for hydroxylation is 2. The number of nitrogens with two attached hydrogens (primary N) is 2. The molecule has 0 saturated heterocycles. The zero-order valence-corrected chi connectivity index (χ0v) is 31.2. The maximum Gasteiger partial charge on any atom is 0.231 e. The molecule has 6 aromatic rings. The fraction of sp³-hybridized carbons (Fsp3) is 0.238. The number of anilines is 6. The third-order valence-corrected chi connectivity index (χ3v) is 10.8. The van der Waals surface area contributed by atoms with Crippen LogP contribution in [0.3, 0.4) is 0 Å². The van der Waals surface area contributed by atoms with E-state index >= 15 is 0 Å². The molecule has 58 heavy (non-hydrogen) atoms. The van der Waals surface area contributed by atoms with E-state index in [2.05, 4.69) is 41.2 Å². The molecule has 8 N–H and O–H groups in total. The van der Waals surface area contributed by atoms with E-state index in [4.69, 9.17) is 11.5 Å². The average molecular weight is 783 g/mol. The molecule has 2 saturated carbocycles. The number of carbonyl (C=O) groups is 4. The summed E-state index contributed by atoms with van der Waals surface area (Å²) in [6, 6.07) is 14.9. The minimum Gasteiger partial charge on any atom is -0.383 e. The van der Waals surface area contributed by atoms with Crippen molar-refractivity contribution in [2.45, 2.75) is 51.9 Å². The van der Waals surface area contributed by atoms with E-state index in [1.807, 2.05) is 50.2 Å². The number of halogens is 2. The lowest BCUT2D eigenvalue weighted by Gasteiger charge is -2.12. The minimum absolute atomic E-state index is 0.0276. The zero-order valence-electron chi connectivity index (χ0n) is 31.2. The summed E-state index contributed by atoms with van der Waals surface area (Å²) in [5.74, 6) is -0.619. The highest BCUT2D eigenvalue weighted by molar-refractivity contribution is 6.03. The quantitative estimate of drug-likeness (QED) is 0.116. The molecule has 4 atom stereocenters. The number of alkyl halides is 2. The predicted molar refractivity (Wildman–Crippen MR) is 216 cm³/mol. The largest absolute Gasteiger partial charge is 0.383 e. The van der Waals surface area contributed by atoms with Crippen molar-refractivity contribution in [1.29, 1.82) is 0 Å². The SMILES string of the molecule is Cc1cc2c(cc1-c1cc3cc(NC(=O)[C@@H]4C[C@@H]4F)ncc3c(N)n1)CC(=O)N2.Cc1cc2c(cc1-c1cc3cc(NC(=O)[C@H]4C[C@H]4F)ncc3c(N)n1)CC(=O)N2. The number of fused-ring (bicyclic) bond motifs is 4. The molecule has 2 aliphatic carbocycles. The molecule has 0 unspecified atom stereocenters. The zero-order chi connectivity index (χ0) is 40.6. The fourth-order valence-electron chi connectivity index (χ4n) is 7.39. The lowest BCUT2D eigenvalue weighted by molar-refractivity contribution is -0.118. The first kappa shape index (κ1) is 36.5. The molecule has 4 aliphatic rings. The molecule has 2 fully saturated rings. The molecule has 2 aromatic carbocycles. The van der Waals surface area contributed by atoms with Crippen molar-refractivity contribution in [1.82, 2.24) is 19.9 Å². The van der Waals surface area contributed by atoms with Gasteiger partial charge in [0.15, 0.2) is 0 Å². The maximum atomic E-state index is 13.1. The molecule has 292 valence electrons. The summed E-state index contributed by atoms with van der Waals surface area (Å²) in [5, 5.41) is 13.9. The van der Waals surface area contributed by atoms with Crippen LogP contribution in [0.2, 0.25) is 0 Å². The summed E-state index contributed by atoms with van der Waals surface area (Å²) >= 11 is 0. The maximum absolute atomic E-state index is 13.1. The third-order valence-electron chi connectivity index (χ3n) is 10.8. The van der Waals surface area contributed by atoms with Gasteiger partial charge >= 0.3 is 0 Å². The molecule has 2 aliphatic heterocycles. The van der Waals surface area contributed by atoms with Gasteiger partial charge in [-0.1, -0.05) is 0 Å². The standard InChI is InChI=1S/2C21H18FN5O2/c2*1-9-2-16-11(6-19(28)25-16)3-12(9)17-4-10-5-18(24-8-14(10)20(23)26-17)27-21(29)13-7-15(13)22/h2*2-5,8,13,15H,6-7H2,1H3,(H2,23,26)(H,25,28)(H,24,27,29)/t2*13-,15+/m10/s1. The van der Waals surface area contributed by atoms with Gasteiger partial charge in [0, 0.05) is 45.7 Å². The van der Waals surface area contributed by atoms with Crippen LogP contribution in [0, 0.1) is 25.7 Å². The van der Waals surface area contributed by atoms with E-state index in [9.17, 15) is 28.0 Å². The van der Waals surface area contributed by atoms with Gasteiger partial charge < -0.3 is 32.7 Å². The molecular weight excluding hydrogens is 747 g/mol. The number of hydrogen-bond acceptors (Lipinski definition) is 10. The molecule has 4 amide bonds. The second-order valence-corrected chi connectivity index (χ2v) is 15.2. The molecule has 16 heteroatoms. The Morgan fingerprint density at radius 3 is 1.43 bits per heavy atom. The number of hydrogen-bond donors (Lipinski definition) is 6.